The van der Waals surface area contributed by atoms with Crippen molar-refractivity contribution in [2.24, 2.45) is 0 Å². The minimum Gasteiger partial charge on any atom is -0.507 e. The molecule has 1 fully saturated rings. The predicted octanol–water partition coefficient (Wildman–Crippen LogP) is 1.98. The van der Waals surface area contributed by atoms with Crippen molar-refractivity contribution < 1.29 is 19.4 Å². The second kappa shape index (κ2) is 5.61. The number of carbonyl (C=O) groups excluding carboxylic acids is 2. The fourth-order valence-electron chi connectivity index (χ4n) is 1.50. The molecule has 0 aliphatic heterocycles. The van der Waals surface area contributed by atoms with Gasteiger partial charge >= 0.3 is 5.97 Å². The molecule has 0 bridgehead atoms. The van der Waals surface area contributed by atoms with Crippen molar-refractivity contribution in [3.8, 4) is 5.75 Å². The minimum atomic E-state index is -0.883. The third-order valence-electron chi connectivity index (χ3n) is 2.76. The van der Waals surface area contributed by atoms with Crippen LogP contribution < -0.4 is 5.32 Å². The number of nitrogens with one attached hydrogen (secondary N) is 1. The summed E-state index contributed by atoms with van der Waals surface area (Å²) in [6.07, 6.45) is 1.06. The zero-order valence-electron chi connectivity index (χ0n) is 10.4. The van der Waals surface area contributed by atoms with Gasteiger partial charge in [0.15, 0.2) is 6.10 Å². The lowest BCUT2D eigenvalue weighted by atomic mass is 10.2. The summed E-state index contributed by atoms with van der Waals surface area (Å²) in [6, 6.07) is 4.65. The van der Waals surface area contributed by atoms with Crippen LogP contribution in [0.2, 0.25) is 0 Å². The fourth-order valence-corrected chi connectivity index (χ4v) is 1.86. The van der Waals surface area contributed by atoms with Gasteiger partial charge in [-0.1, -0.05) is 15.9 Å². The van der Waals surface area contributed by atoms with Crippen molar-refractivity contribution in [3.63, 3.8) is 0 Å². The Bertz CT molecular complexity index is 513. The van der Waals surface area contributed by atoms with E-state index in [9.17, 15) is 14.7 Å². The molecular formula is C13H14BrNO4. The van der Waals surface area contributed by atoms with Gasteiger partial charge in [0.2, 0.25) is 0 Å². The number of phenolic OH excluding ortho intramolecular Hbond substituents is 1. The quantitative estimate of drug-likeness (QED) is 0.829. The molecule has 6 heteroatoms. The number of hydrogen-bond donors (Lipinski definition) is 2. The van der Waals surface area contributed by atoms with Gasteiger partial charge in [0.25, 0.3) is 5.91 Å². The molecule has 0 saturated heterocycles. The van der Waals surface area contributed by atoms with Crippen LogP contribution in [0.25, 0.3) is 0 Å². The highest BCUT2D eigenvalue weighted by molar-refractivity contribution is 9.10. The van der Waals surface area contributed by atoms with E-state index in [1.54, 1.807) is 6.07 Å². The van der Waals surface area contributed by atoms with E-state index >= 15 is 0 Å². The molecule has 1 atom stereocenters. The maximum absolute atomic E-state index is 11.9. The molecule has 0 heterocycles. The summed E-state index contributed by atoms with van der Waals surface area (Å²) in [4.78, 5) is 23.5. The summed E-state index contributed by atoms with van der Waals surface area (Å²) >= 11 is 3.20. The van der Waals surface area contributed by atoms with Crippen molar-refractivity contribution in [2.45, 2.75) is 31.9 Å². The van der Waals surface area contributed by atoms with E-state index in [0.29, 0.717) is 4.47 Å². The SMILES string of the molecule is C[C@H](OC(=O)c1cc(Br)ccc1O)C(=O)NC1CC1. The van der Waals surface area contributed by atoms with Crippen molar-refractivity contribution in [3.05, 3.63) is 28.2 Å². The van der Waals surface area contributed by atoms with Crippen LogP contribution in [0, 0.1) is 0 Å². The summed E-state index contributed by atoms with van der Waals surface area (Å²) in [5.74, 6) is -1.22. The number of amides is 1. The molecule has 1 aromatic rings. The van der Waals surface area contributed by atoms with Gasteiger partial charge in [0, 0.05) is 10.5 Å². The molecule has 1 amide bonds. The molecule has 0 radical (unpaired) electrons. The Balaban J connectivity index is 1.99. The average molecular weight is 328 g/mol. The van der Waals surface area contributed by atoms with E-state index < -0.39 is 12.1 Å². The van der Waals surface area contributed by atoms with Crippen molar-refractivity contribution in [1.82, 2.24) is 5.32 Å². The molecule has 2 rings (SSSR count). The zero-order chi connectivity index (χ0) is 14.0. The highest BCUT2D eigenvalue weighted by Gasteiger charge is 2.27. The first-order valence-corrected chi connectivity index (χ1v) is 6.76. The summed E-state index contributed by atoms with van der Waals surface area (Å²) in [5.41, 5.74) is 0.0282. The number of rotatable bonds is 4. The van der Waals surface area contributed by atoms with Crippen molar-refractivity contribution in [1.29, 1.82) is 0 Å². The van der Waals surface area contributed by atoms with Gasteiger partial charge in [0.1, 0.15) is 11.3 Å². The van der Waals surface area contributed by atoms with Crippen LogP contribution in [0.3, 0.4) is 0 Å². The Kier molecular flexibility index (Phi) is 4.09. The lowest BCUT2D eigenvalue weighted by molar-refractivity contribution is -0.129. The van der Waals surface area contributed by atoms with E-state index in [4.69, 9.17) is 4.74 Å². The lowest BCUT2D eigenvalue weighted by Crippen LogP contribution is -2.37. The standard InChI is InChI=1S/C13H14BrNO4/c1-7(12(17)15-9-3-4-9)19-13(18)10-6-8(14)2-5-11(10)16/h2,5-7,9,16H,3-4H2,1H3,(H,15,17)/t7-/m0/s1. The summed E-state index contributed by atoms with van der Waals surface area (Å²) < 4.78 is 5.68. The Morgan fingerprint density at radius 2 is 2.16 bits per heavy atom. The molecule has 0 unspecified atom stereocenters. The topological polar surface area (TPSA) is 75.6 Å². The molecule has 0 aromatic heterocycles. The molecule has 102 valence electrons. The molecule has 5 nitrogen and oxygen atoms in total. The van der Waals surface area contributed by atoms with Gasteiger partial charge in [-0.2, -0.15) is 0 Å². The number of esters is 1. The number of phenols is 1. The zero-order valence-corrected chi connectivity index (χ0v) is 11.9. The number of hydrogen-bond acceptors (Lipinski definition) is 4. The van der Waals surface area contributed by atoms with Crippen LogP contribution in [0.1, 0.15) is 30.1 Å². The summed E-state index contributed by atoms with van der Waals surface area (Å²) in [5, 5.41) is 12.3. The second-order valence-corrected chi connectivity index (χ2v) is 5.41. The van der Waals surface area contributed by atoms with Gasteiger partial charge in [-0.25, -0.2) is 4.79 Å². The fraction of sp³-hybridized carbons (Fsp3) is 0.385. The summed E-state index contributed by atoms with van der Waals surface area (Å²) in [6.45, 7) is 1.50. The molecule has 0 spiro atoms. The average Bonchev–Trinajstić information content (AvgIpc) is 3.15. The summed E-state index contributed by atoms with van der Waals surface area (Å²) in [7, 11) is 0. The first-order chi connectivity index (χ1) is 8.97. The number of carbonyl (C=O) groups is 2. The maximum atomic E-state index is 11.9. The van der Waals surface area contributed by atoms with Crippen LogP contribution in [-0.4, -0.2) is 29.1 Å². The molecule has 1 saturated carbocycles. The van der Waals surface area contributed by atoms with E-state index in [1.165, 1.54) is 19.1 Å². The largest absolute Gasteiger partial charge is 0.507 e. The Hall–Kier alpha value is -1.56. The van der Waals surface area contributed by atoms with E-state index in [1.807, 2.05) is 0 Å². The van der Waals surface area contributed by atoms with Crippen LogP contribution >= 0.6 is 15.9 Å². The van der Waals surface area contributed by atoms with Crippen LogP contribution in [0.15, 0.2) is 22.7 Å². The van der Waals surface area contributed by atoms with Gasteiger partial charge in [-0.05, 0) is 38.0 Å². The molecule has 1 aliphatic carbocycles. The van der Waals surface area contributed by atoms with Crippen molar-refractivity contribution in [2.75, 3.05) is 0 Å². The number of benzene rings is 1. The van der Waals surface area contributed by atoms with Gasteiger partial charge in [-0.3, -0.25) is 4.79 Å². The number of ether oxygens (including phenoxy) is 1. The highest BCUT2D eigenvalue weighted by Crippen LogP contribution is 2.23. The Labute approximate surface area is 119 Å². The molecule has 1 aliphatic rings. The van der Waals surface area contributed by atoms with E-state index in [2.05, 4.69) is 21.2 Å². The number of aromatic hydroxyl groups is 1. The Morgan fingerprint density at radius 1 is 1.47 bits per heavy atom. The van der Waals surface area contributed by atoms with Gasteiger partial charge < -0.3 is 15.2 Å². The van der Waals surface area contributed by atoms with Crippen molar-refractivity contribution >= 4 is 27.8 Å². The molecular weight excluding hydrogens is 314 g/mol. The first-order valence-electron chi connectivity index (χ1n) is 5.97. The third kappa shape index (κ3) is 3.70. The second-order valence-electron chi connectivity index (χ2n) is 4.49. The van der Waals surface area contributed by atoms with Crippen LogP contribution in [0.4, 0.5) is 0 Å². The minimum absolute atomic E-state index is 0.0282. The Morgan fingerprint density at radius 3 is 2.79 bits per heavy atom. The molecule has 19 heavy (non-hydrogen) atoms. The lowest BCUT2D eigenvalue weighted by Gasteiger charge is -2.13. The smallest absolute Gasteiger partial charge is 0.342 e. The van der Waals surface area contributed by atoms with Crippen LogP contribution in [-0.2, 0) is 9.53 Å². The monoisotopic (exact) mass is 327 g/mol. The normalized spacial score (nSPS) is 15.7. The molecule has 2 N–H and O–H groups in total. The van der Waals surface area contributed by atoms with Gasteiger partial charge in [-0.15, -0.1) is 0 Å². The highest BCUT2D eigenvalue weighted by atomic mass is 79.9. The van der Waals surface area contributed by atoms with Crippen LogP contribution in [0.5, 0.6) is 5.75 Å². The number of halogens is 1. The first kappa shape index (κ1) is 13.9. The molecule has 1 aromatic carbocycles. The van der Waals surface area contributed by atoms with E-state index in [0.717, 1.165) is 12.8 Å². The van der Waals surface area contributed by atoms with E-state index in [-0.39, 0.29) is 23.3 Å². The van der Waals surface area contributed by atoms with Gasteiger partial charge in [0.05, 0.1) is 0 Å². The third-order valence-corrected chi connectivity index (χ3v) is 3.25. The predicted molar refractivity (Wildman–Crippen MR) is 71.8 cm³/mol. The maximum Gasteiger partial charge on any atom is 0.342 e.